The summed E-state index contributed by atoms with van der Waals surface area (Å²) in [5.41, 5.74) is 2.70. The lowest BCUT2D eigenvalue weighted by molar-refractivity contribution is -0.129. The minimum atomic E-state index is -0.983. The third kappa shape index (κ3) is 6.04. The molecular weight excluding hydrogens is 486 g/mol. The number of benzene rings is 2. The average Bonchev–Trinajstić information content (AvgIpc) is 3.70. The van der Waals surface area contributed by atoms with Gasteiger partial charge in [-0.2, -0.15) is 0 Å². The number of rotatable bonds is 11. The van der Waals surface area contributed by atoms with Gasteiger partial charge in [0.25, 0.3) is 5.91 Å². The summed E-state index contributed by atoms with van der Waals surface area (Å²) < 4.78 is 10.4. The predicted octanol–water partition coefficient (Wildman–Crippen LogP) is 2.00. The number of amides is 2. The van der Waals surface area contributed by atoms with Gasteiger partial charge in [-0.05, 0) is 41.8 Å². The fourth-order valence-corrected chi connectivity index (χ4v) is 4.17. The van der Waals surface area contributed by atoms with Crippen molar-refractivity contribution < 1.29 is 23.9 Å². The second kappa shape index (κ2) is 11.2. The van der Waals surface area contributed by atoms with Crippen LogP contribution in [-0.4, -0.2) is 64.5 Å². The van der Waals surface area contributed by atoms with E-state index < -0.39 is 30.0 Å². The van der Waals surface area contributed by atoms with Crippen molar-refractivity contribution in [2.45, 2.75) is 31.0 Å². The predicted molar refractivity (Wildman–Crippen MR) is 139 cm³/mol. The molecule has 2 aromatic heterocycles. The minimum Gasteiger partial charge on any atom is -0.497 e. The van der Waals surface area contributed by atoms with E-state index in [2.05, 4.69) is 25.6 Å². The van der Waals surface area contributed by atoms with Crippen molar-refractivity contribution in [2.24, 2.45) is 0 Å². The Balaban J connectivity index is 1.37. The van der Waals surface area contributed by atoms with Crippen LogP contribution >= 0.6 is 0 Å². The number of imidazole rings is 1. The topological polar surface area (TPSA) is 139 Å². The Morgan fingerprint density at radius 1 is 0.974 bits per heavy atom. The molecule has 3 heterocycles. The number of hydrogen-bond donors (Lipinski definition) is 3. The number of H-pyrrole nitrogens is 1. The number of Topliss-reactive ketones (excluding diaryl/α,β-unsaturated/α-hetero) is 1. The van der Waals surface area contributed by atoms with Gasteiger partial charge in [-0.1, -0.05) is 42.5 Å². The van der Waals surface area contributed by atoms with Gasteiger partial charge in [-0.15, -0.1) is 0 Å². The SMILES string of the molecule is COc1ccc(C[C@H](NC(=O)c2nc3ncccc3[nH]2)C(=O)N[C@@H](Cc2ccccc2)C(=O)[C@H]2CO2)cc1. The normalized spacial score (nSPS) is 15.9. The molecule has 1 saturated heterocycles. The van der Waals surface area contributed by atoms with Crippen LogP contribution in [0.2, 0.25) is 0 Å². The molecule has 0 aliphatic carbocycles. The first kappa shape index (κ1) is 25.1. The molecule has 0 spiro atoms. The quantitative estimate of drug-likeness (QED) is 0.261. The highest BCUT2D eigenvalue weighted by Gasteiger charge is 2.38. The maximum Gasteiger partial charge on any atom is 0.287 e. The number of pyridine rings is 1. The number of fused-ring (bicyclic) bond motifs is 1. The lowest BCUT2D eigenvalue weighted by atomic mass is 9.99. The largest absolute Gasteiger partial charge is 0.497 e. The standard InChI is InChI=1S/C28H27N5O5/c1-37-19-11-9-18(10-12-19)15-22(32-28(36)26-30-20-8-5-13-29-25(20)33-26)27(35)31-21(24(34)23-16-38-23)14-17-6-3-2-4-7-17/h2-13,21-23H,14-16H2,1H3,(H,31,35)(H,32,36)(H,29,30,33)/t21-,22-,23+/m0/s1. The number of epoxide rings is 1. The Hall–Kier alpha value is -4.57. The van der Waals surface area contributed by atoms with E-state index in [0.717, 1.165) is 11.1 Å². The lowest BCUT2D eigenvalue weighted by Gasteiger charge is -2.23. The third-order valence-corrected chi connectivity index (χ3v) is 6.29. The highest BCUT2D eigenvalue weighted by Crippen LogP contribution is 2.17. The average molecular weight is 514 g/mol. The number of carbonyl (C=O) groups is 3. The van der Waals surface area contributed by atoms with Crippen LogP contribution in [0.4, 0.5) is 0 Å². The van der Waals surface area contributed by atoms with Gasteiger partial charge in [0, 0.05) is 12.6 Å². The maximum atomic E-state index is 13.6. The second-order valence-corrected chi connectivity index (χ2v) is 9.01. The molecule has 1 aliphatic heterocycles. The Kier molecular flexibility index (Phi) is 7.41. The van der Waals surface area contributed by atoms with Gasteiger partial charge in [-0.25, -0.2) is 9.97 Å². The van der Waals surface area contributed by atoms with E-state index in [1.807, 2.05) is 42.5 Å². The van der Waals surface area contributed by atoms with Crippen LogP contribution in [0.15, 0.2) is 72.9 Å². The fourth-order valence-electron chi connectivity index (χ4n) is 4.17. The number of hydrogen-bond acceptors (Lipinski definition) is 7. The van der Waals surface area contributed by atoms with Crippen LogP contribution < -0.4 is 15.4 Å². The molecule has 5 rings (SSSR count). The summed E-state index contributed by atoms with van der Waals surface area (Å²) in [6, 6.07) is 18.3. The summed E-state index contributed by atoms with van der Waals surface area (Å²) in [5, 5.41) is 5.64. The zero-order valence-electron chi connectivity index (χ0n) is 20.7. The summed E-state index contributed by atoms with van der Waals surface area (Å²) in [5.74, 6) is -0.535. The molecule has 1 fully saturated rings. The Morgan fingerprint density at radius 3 is 2.37 bits per heavy atom. The van der Waals surface area contributed by atoms with Crippen molar-refractivity contribution in [3.05, 3.63) is 89.9 Å². The Labute approximate surface area is 218 Å². The number of methoxy groups -OCH3 is 1. The van der Waals surface area contributed by atoms with Gasteiger partial charge >= 0.3 is 0 Å². The molecule has 4 aromatic rings. The van der Waals surface area contributed by atoms with Gasteiger partial charge in [-0.3, -0.25) is 14.4 Å². The van der Waals surface area contributed by atoms with E-state index in [0.29, 0.717) is 29.9 Å². The second-order valence-electron chi connectivity index (χ2n) is 9.01. The van der Waals surface area contributed by atoms with Crippen LogP contribution in [0.1, 0.15) is 21.7 Å². The number of carbonyl (C=O) groups excluding carboxylic acids is 3. The van der Waals surface area contributed by atoms with Gasteiger partial charge in [0.15, 0.2) is 17.3 Å². The van der Waals surface area contributed by atoms with Crippen LogP contribution in [0.25, 0.3) is 11.2 Å². The van der Waals surface area contributed by atoms with Gasteiger partial charge in [0.1, 0.15) is 17.9 Å². The number of nitrogens with one attached hydrogen (secondary N) is 3. The maximum absolute atomic E-state index is 13.6. The molecule has 3 atom stereocenters. The zero-order valence-corrected chi connectivity index (χ0v) is 20.7. The number of nitrogens with zero attached hydrogens (tertiary/aromatic N) is 2. The summed E-state index contributed by atoms with van der Waals surface area (Å²) in [6.45, 7) is 0.339. The van der Waals surface area contributed by atoms with Crippen LogP contribution in [0.5, 0.6) is 5.75 Å². The summed E-state index contributed by atoms with van der Waals surface area (Å²) in [4.78, 5) is 51.0. The molecule has 38 heavy (non-hydrogen) atoms. The molecule has 2 aromatic carbocycles. The Bertz CT molecular complexity index is 1400. The van der Waals surface area contributed by atoms with Crippen molar-refractivity contribution in [1.82, 2.24) is 25.6 Å². The Morgan fingerprint density at radius 2 is 1.68 bits per heavy atom. The van der Waals surface area contributed by atoms with Crippen molar-refractivity contribution in [3.63, 3.8) is 0 Å². The highest BCUT2D eigenvalue weighted by molar-refractivity contribution is 5.99. The van der Waals surface area contributed by atoms with E-state index in [-0.39, 0.29) is 18.0 Å². The van der Waals surface area contributed by atoms with Crippen molar-refractivity contribution in [2.75, 3.05) is 13.7 Å². The van der Waals surface area contributed by atoms with Crippen LogP contribution in [0, 0.1) is 0 Å². The monoisotopic (exact) mass is 513 g/mol. The van der Waals surface area contributed by atoms with Gasteiger partial charge in [0.2, 0.25) is 5.91 Å². The number of ether oxygens (including phenoxy) is 2. The van der Waals surface area contributed by atoms with Gasteiger partial charge in [0.05, 0.1) is 25.3 Å². The first-order chi connectivity index (χ1) is 18.5. The van der Waals surface area contributed by atoms with E-state index in [1.165, 1.54) is 0 Å². The summed E-state index contributed by atoms with van der Waals surface area (Å²) in [6.07, 6.45) is 1.55. The van der Waals surface area contributed by atoms with E-state index in [4.69, 9.17) is 9.47 Å². The fraction of sp³-hybridized carbons (Fsp3) is 0.250. The smallest absolute Gasteiger partial charge is 0.287 e. The molecule has 2 amide bonds. The van der Waals surface area contributed by atoms with E-state index >= 15 is 0 Å². The van der Waals surface area contributed by atoms with E-state index in [1.54, 1.807) is 37.6 Å². The summed E-state index contributed by atoms with van der Waals surface area (Å²) in [7, 11) is 1.57. The van der Waals surface area contributed by atoms with Crippen molar-refractivity contribution >= 4 is 28.8 Å². The molecule has 3 N–H and O–H groups in total. The van der Waals surface area contributed by atoms with Crippen molar-refractivity contribution in [1.29, 1.82) is 0 Å². The molecule has 10 heteroatoms. The molecule has 0 radical (unpaired) electrons. The highest BCUT2D eigenvalue weighted by atomic mass is 16.6. The molecule has 194 valence electrons. The zero-order chi connectivity index (χ0) is 26.5. The number of ketones is 1. The molecule has 10 nitrogen and oxygen atoms in total. The molecular formula is C28H27N5O5. The summed E-state index contributed by atoms with van der Waals surface area (Å²) >= 11 is 0. The van der Waals surface area contributed by atoms with Crippen LogP contribution in [-0.2, 0) is 27.2 Å². The minimum absolute atomic E-state index is 0.0366. The first-order valence-electron chi connectivity index (χ1n) is 12.2. The molecule has 1 aliphatic rings. The number of aromatic nitrogens is 3. The molecule has 0 bridgehead atoms. The van der Waals surface area contributed by atoms with E-state index in [9.17, 15) is 14.4 Å². The van der Waals surface area contributed by atoms with Crippen molar-refractivity contribution in [3.8, 4) is 5.75 Å². The van der Waals surface area contributed by atoms with Crippen LogP contribution in [0.3, 0.4) is 0 Å². The molecule has 0 saturated carbocycles. The van der Waals surface area contributed by atoms with Gasteiger partial charge < -0.3 is 25.1 Å². The number of aromatic amines is 1. The third-order valence-electron chi connectivity index (χ3n) is 6.29. The lowest BCUT2D eigenvalue weighted by Crippen LogP contribution is -2.53. The molecule has 0 unspecified atom stereocenters. The first-order valence-corrected chi connectivity index (χ1v) is 12.2.